The maximum atomic E-state index is 9.31. The first-order valence-corrected chi connectivity index (χ1v) is 7.41. The molecule has 0 unspecified atom stereocenters. The van der Waals surface area contributed by atoms with Crippen molar-refractivity contribution in [1.29, 1.82) is 5.26 Å². The molecule has 0 spiro atoms. The average molecular weight is 311 g/mol. The SMILES string of the molecule is [2H]C1([2H])CCC([2H])([2H])C1([2H])[C@@H](CC#N)n1cc(-c2ncnc3[nH]ccc23)cn1. The molecule has 23 heavy (non-hydrogen) atoms. The van der Waals surface area contributed by atoms with Crippen LogP contribution in [0.5, 0.6) is 0 Å². The van der Waals surface area contributed by atoms with Crippen LogP contribution in [0.4, 0.5) is 0 Å². The molecule has 0 saturated heterocycles. The fourth-order valence-corrected chi connectivity index (χ4v) is 2.84. The van der Waals surface area contributed by atoms with Crippen LogP contribution in [0.2, 0.25) is 0 Å². The molecule has 3 aromatic rings. The molecule has 116 valence electrons. The van der Waals surface area contributed by atoms with Crippen molar-refractivity contribution >= 4 is 11.0 Å². The molecule has 1 saturated carbocycles. The molecule has 6 nitrogen and oxygen atoms in total. The van der Waals surface area contributed by atoms with Crippen molar-refractivity contribution in [2.24, 2.45) is 5.89 Å². The molecule has 0 aliphatic heterocycles. The summed E-state index contributed by atoms with van der Waals surface area (Å²) in [4.78, 5) is 11.4. The van der Waals surface area contributed by atoms with Crippen molar-refractivity contribution in [2.75, 3.05) is 0 Å². The Morgan fingerprint density at radius 1 is 1.48 bits per heavy atom. The lowest BCUT2D eigenvalue weighted by atomic mass is 9.96. The van der Waals surface area contributed by atoms with Gasteiger partial charge in [-0.15, -0.1) is 0 Å². The van der Waals surface area contributed by atoms with Crippen LogP contribution in [0.25, 0.3) is 22.3 Å². The maximum Gasteiger partial charge on any atom is 0.141 e. The van der Waals surface area contributed by atoms with Gasteiger partial charge in [0.1, 0.15) is 12.0 Å². The van der Waals surface area contributed by atoms with E-state index in [1.54, 1.807) is 12.4 Å². The second-order valence-corrected chi connectivity index (χ2v) is 5.32. The Kier molecular flexibility index (Phi) is 2.40. The summed E-state index contributed by atoms with van der Waals surface area (Å²) in [5.41, 5.74) is 1.90. The second-order valence-electron chi connectivity index (χ2n) is 5.32. The first kappa shape index (κ1) is 9.46. The van der Waals surface area contributed by atoms with E-state index in [9.17, 15) is 5.26 Å². The van der Waals surface area contributed by atoms with Gasteiger partial charge in [-0.25, -0.2) is 9.97 Å². The highest BCUT2D eigenvalue weighted by Crippen LogP contribution is 2.36. The predicted octanol–water partition coefficient (Wildman–Crippen LogP) is 3.47. The Bertz CT molecular complexity index is 1050. The van der Waals surface area contributed by atoms with Gasteiger partial charge in [-0.2, -0.15) is 10.4 Å². The highest BCUT2D eigenvalue weighted by atomic mass is 15.3. The molecule has 0 radical (unpaired) electrons. The first-order valence-electron chi connectivity index (χ1n) is 9.91. The van der Waals surface area contributed by atoms with E-state index in [2.05, 4.69) is 20.1 Å². The quantitative estimate of drug-likeness (QED) is 0.799. The van der Waals surface area contributed by atoms with Gasteiger partial charge in [-0.1, -0.05) is 12.8 Å². The van der Waals surface area contributed by atoms with Crippen molar-refractivity contribution in [3.05, 3.63) is 31.0 Å². The Labute approximate surface area is 141 Å². The summed E-state index contributed by atoms with van der Waals surface area (Å²) in [6.07, 6.45) is 1.72. The molecule has 6 heteroatoms. The zero-order valence-electron chi connectivity index (χ0n) is 17.3. The van der Waals surface area contributed by atoms with Crippen molar-refractivity contribution in [3.8, 4) is 17.3 Å². The summed E-state index contributed by atoms with van der Waals surface area (Å²) in [6, 6.07) is 2.72. The number of fused-ring (bicyclic) bond motifs is 1. The molecular weight excluding hydrogens is 288 g/mol. The zero-order valence-corrected chi connectivity index (χ0v) is 12.3. The number of rotatable bonds is 4. The van der Waals surface area contributed by atoms with E-state index < -0.39 is 24.7 Å². The molecule has 3 heterocycles. The highest BCUT2D eigenvalue weighted by molar-refractivity contribution is 5.89. The van der Waals surface area contributed by atoms with Gasteiger partial charge in [0.2, 0.25) is 0 Å². The van der Waals surface area contributed by atoms with Crippen molar-refractivity contribution in [2.45, 2.75) is 38.1 Å². The van der Waals surface area contributed by atoms with E-state index in [1.165, 1.54) is 17.2 Å². The molecule has 1 fully saturated rings. The average Bonchev–Trinajstić information content (AvgIpc) is 3.35. The highest BCUT2D eigenvalue weighted by Gasteiger charge is 2.27. The third kappa shape index (κ3) is 2.48. The molecular formula is C17H18N6. The minimum Gasteiger partial charge on any atom is -0.346 e. The lowest BCUT2D eigenvalue weighted by Gasteiger charge is -2.21. The largest absolute Gasteiger partial charge is 0.346 e. The van der Waals surface area contributed by atoms with Crippen LogP contribution in [0.15, 0.2) is 31.0 Å². The van der Waals surface area contributed by atoms with Crippen LogP contribution in [0, 0.1) is 17.2 Å². The molecule has 4 rings (SSSR count). The topological polar surface area (TPSA) is 83.2 Å². The number of aromatic nitrogens is 5. The number of hydrogen-bond donors (Lipinski definition) is 1. The number of H-pyrrole nitrogens is 1. The Morgan fingerprint density at radius 3 is 3.17 bits per heavy atom. The van der Waals surface area contributed by atoms with E-state index in [0.29, 0.717) is 16.9 Å². The Balaban J connectivity index is 1.81. The van der Waals surface area contributed by atoms with Crippen LogP contribution < -0.4 is 0 Å². The number of nitriles is 1. The zero-order chi connectivity index (χ0) is 20.2. The van der Waals surface area contributed by atoms with Gasteiger partial charge in [0, 0.05) is 30.2 Å². The molecule has 0 bridgehead atoms. The molecule has 0 aromatic carbocycles. The molecule has 1 atom stereocenters. The first-order chi connectivity index (χ1) is 13.2. The normalized spacial score (nSPS) is 25.6. The fraction of sp³-hybridized carbons (Fsp3) is 0.412. The van der Waals surface area contributed by atoms with Crippen LogP contribution in [-0.4, -0.2) is 24.7 Å². The van der Waals surface area contributed by atoms with E-state index in [0.717, 1.165) is 5.39 Å². The molecule has 1 aliphatic rings. The summed E-state index contributed by atoms with van der Waals surface area (Å²) in [5.74, 6) is -2.14. The van der Waals surface area contributed by atoms with Gasteiger partial charge in [0.15, 0.2) is 0 Å². The maximum absolute atomic E-state index is 9.31. The number of nitrogens with zero attached hydrogens (tertiary/aromatic N) is 5. The Morgan fingerprint density at radius 2 is 2.35 bits per heavy atom. The predicted molar refractivity (Wildman–Crippen MR) is 86.3 cm³/mol. The number of nitrogens with one attached hydrogen (secondary N) is 1. The minimum atomic E-state index is -2.14. The molecule has 0 amide bonds. The lowest BCUT2D eigenvalue weighted by molar-refractivity contribution is 0.315. The van der Waals surface area contributed by atoms with Crippen LogP contribution in [0.3, 0.4) is 0 Å². The molecule has 1 N–H and O–H groups in total. The summed E-state index contributed by atoms with van der Waals surface area (Å²) in [5, 5.41) is 14.4. The van der Waals surface area contributed by atoms with Crippen LogP contribution >= 0.6 is 0 Å². The van der Waals surface area contributed by atoms with Gasteiger partial charge < -0.3 is 4.98 Å². The monoisotopic (exact) mass is 311 g/mol. The summed E-state index contributed by atoms with van der Waals surface area (Å²) in [7, 11) is 0. The minimum absolute atomic E-state index is 0.0740. The van der Waals surface area contributed by atoms with Gasteiger partial charge >= 0.3 is 0 Å². The third-order valence-electron chi connectivity index (χ3n) is 3.92. The smallest absolute Gasteiger partial charge is 0.141 e. The van der Waals surface area contributed by atoms with Gasteiger partial charge in [0.05, 0.1) is 30.4 Å². The lowest BCUT2D eigenvalue weighted by Crippen LogP contribution is -2.17. The van der Waals surface area contributed by atoms with E-state index >= 15 is 0 Å². The van der Waals surface area contributed by atoms with E-state index in [4.69, 9.17) is 6.85 Å². The number of aromatic amines is 1. The molecule has 3 aromatic heterocycles. The fourth-order valence-electron chi connectivity index (χ4n) is 2.84. The van der Waals surface area contributed by atoms with E-state index in [1.807, 2.05) is 12.1 Å². The van der Waals surface area contributed by atoms with Gasteiger partial charge in [-0.05, 0) is 24.7 Å². The molecule has 1 aliphatic carbocycles. The summed E-state index contributed by atoms with van der Waals surface area (Å²) >= 11 is 0. The Hall–Kier alpha value is -2.68. The van der Waals surface area contributed by atoms with Gasteiger partial charge in [0.25, 0.3) is 0 Å². The number of hydrogen-bond acceptors (Lipinski definition) is 4. The third-order valence-corrected chi connectivity index (χ3v) is 3.92. The summed E-state index contributed by atoms with van der Waals surface area (Å²) < 4.78 is 43.3. The van der Waals surface area contributed by atoms with Crippen molar-refractivity contribution < 1.29 is 6.85 Å². The van der Waals surface area contributed by atoms with Crippen molar-refractivity contribution in [3.63, 3.8) is 0 Å². The van der Waals surface area contributed by atoms with Crippen molar-refractivity contribution in [1.82, 2.24) is 24.7 Å². The second kappa shape index (κ2) is 5.84. The van der Waals surface area contributed by atoms with Crippen LogP contribution in [-0.2, 0) is 0 Å². The van der Waals surface area contributed by atoms with E-state index in [-0.39, 0.29) is 19.3 Å². The summed E-state index contributed by atoms with van der Waals surface area (Å²) in [6.45, 7) is 0. The van der Waals surface area contributed by atoms with Gasteiger partial charge in [-0.3, -0.25) is 4.68 Å². The van der Waals surface area contributed by atoms with Crippen LogP contribution in [0.1, 0.15) is 44.9 Å². The standard InChI is InChI=1S/C17H18N6/c18-7-5-15(12-3-1-2-4-12)23-10-13(9-22-23)16-14-6-8-19-17(14)21-11-20-16/h6,8-12,15H,1-5H2,(H,19,20,21)/t15-/m1/s1/i3D2,4D2,12D.